The largest absolute Gasteiger partial charge is 0.504 e. The molecule has 0 bridgehead atoms. The Hall–Kier alpha value is -2.70. The molecule has 186 valence electrons. The van der Waals surface area contributed by atoms with Crippen LogP contribution in [0.5, 0.6) is 11.5 Å². The summed E-state index contributed by atoms with van der Waals surface area (Å²) >= 11 is 1.84. The van der Waals surface area contributed by atoms with Gasteiger partial charge in [0.05, 0.1) is 12.8 Å². The highest BCUT2D eigenvalue weighted by Crippen LogP contribution is 2.35. The van der Waals surface area contributed by atoms with Crippen molar-refractivity contribution in [3.05, 3.63) is 54.6 Å². The number of piperidine rings is 1. The smallest absolute Gasteiger partial charge is 0.161 e. The zero-order valence-electron chi connectivity index (χ0n) is 21.6. The Morgan fingerprint density at radius 3 is 2.26 bits per heavy atom. The van der Waals surface area contributed by atoms with Gasteiger partial charge in [-0.25, -0.2) is 4.98 Å². The Balaban J connectivity index is 1.74. The lowest BCUT2D eigenvalue weighted by atomic mass is 9.79. The minimum absolute atomic E-state index is 0.0386. The molecule has 1 fully saturated rings. The number of rotatable bonds is 7. The van der Waals surface area contributed by atoms with Crippen LogP contribution in [0, 0.1) is 0 Å². The number of methoxy groups -OCH3 is 1. The van der Waals surface area contributed by atoms with Crippen LogP contribution in [0.1, 0.15) is 47.5 Å². The van der Waals surface area contributed by atoms with Crippen LogP contribution in [-0.2, 0) is 0 Å². The summed E-state index contributed by atoms with van der Waals surface area (Å²) in [6.45, 7) is 11.2. The van der Waals surface area contributed by atoms with E-state index in [9.17, 15) is 5.11 Å². The molecule has 1 aromatic heterocycles. The number of hydrogen-bond donors (Lipinski definition) is 3. The second-order valence-electron chi connectivity index (χ2n) is 10.6. The molecule has 6 heteroatoms. The summed E-state index contributed by atoms with van der Waals surface area (Å²) in [5, 5.41) is 17.6. The topological polar surface area (TPSA) is 66.4 Å². The number of aromatic nitrogens is 1. The maximum Gasteiger partial charge on any atom is 0.161 e. The Morgan fingerprint density at radius 1 is 0.971 bits per heavy atom. The van der Waals surface area contributed by atoms with E-state index < -0.39 is 0 Å². The van der Waals surface area contributed by atoms with Crippen LogP contribution in [0.15, 0.2) is 59.5 Å². The zero-order valence-corrected chi connectivity index (χ0v) is 22.4. The van der Waals surface area contributed by atoms with Gasteiger partial charge in [-0.05, 0) is 99.9 Å². The lowest BCUT2D eigenvalue weighted by Crippen LogP contribution is -2.60. The second kappa shape index (κ2) is 10.1. The second-order valence-corrected chi connectivity index (χ2v) is 12.0. The number of hydrogen-bond acceptors (Lipinski definition) is 6. The first-order valence-corrected chi connectivity index (χ1v) is 13.2. The molecular weight excluding hydrogens is 454 g/mol. The number of benzene rings is 2. The molecule has 0 radical (unpaired) electrons. The fraction of sp³-hybridized carbons (Fsp3) is 0.414. The average molecular weight is 492 g/mol. The van der Waals surface area contributed by atoms with Gasteiger partial charge in [0.25, 0.3) is 0 Å². The number of phenolic OH excluding ortho intramolecular Hbond substituents is 1. The summed E-state index contributed by atoms with van der Waals surface area (Å²) in [5.74, 6) is 2.47. The molecule has 3 N–H and O–H groups in total. The third-order valence-corrected chi connectivity index (χ3v) is 7.24. The van der Waals surface area contributed by atoms with Gasteiger partial charge >= 0.3 is 0 Å². The van der Waals surface area contributed by atoms with Crippen molar-refractivity contribution < 1.29 is 9.84 Å². The Kier molecular flexibility index (Phi) is 7.34. The van der Waals surface area contributed by atoms with E-state index in [0.717, 1.165) is 46.8 Å². The van der Waals surface area contributed by atoms with Crippen molar-refractivity contribution in [3.63, 3.8) is 0 Å². The van der Waals surface area contributed by atoms with E-state index in [4.69, 9.17) is 9.72 Å². The van der Waals surface area contributed by atoms with Crippen LogP contribution >= 0.6 is 11.8 Å². The first-order valence-electron chi connectivity index (χ1n) is 12.3. The van der Waals surface area contributed by atoms with E-state index in [1.54, 1.807) is 13.2 Å². The average Bonchev–Trinajstić information content (AvgIpc) is 2.78. The highest BCUT2D eigenvalue weighted by atomic mass is 32.2. The Bertz CT molecular complexity index is 1160. The van der Waals surface area contributed by atoms with E-state index in [1.165, 1.54) is 4.90 Å². The van der Waals surface area contributed by atoms with Crippen LogP contribution < -0.4 is 15.4 Å². The highest BCUT2D eigenvalue weighted by molar-refractivity contribution is 7.99. The Morgan fingerprint density at radius 2 is 1.63 bits per heavy atom. The summed E-state index contributed by atoms with van der Waals surface area (Å²) in [6.07, 6.45) is 2.02. The van der Waals surface area contributed by atoms with Gasteiger partial charge in [0.2, 0.25) is 0 Å². The molecule has 0 saturated carbocycles. The van der Waals surface area contributed by atoms with E-state index in [-0.39, 0.29) is 16.8 Å². The van der Waals surface area contributed by atoms with Crippen LogP contribution in [0.25, 0.3) is 22.4 Å². The van der Waals surface area contributed by atoms with E-state index in [0.29, 0.717) is 11.8 Å². The van der Waals surface area contributed by atoms with Crippen LogP contribution in [-0.4, -0.2) is 40.1 Å². The van der Waals surface area contributed by atoms with Gasteiger partial charge in [0, 0.05) is 27.6 Å². The van der Waals surface area contributed by atoms with Gasteiger partial charge in [-0.3, -0.25) is 0 Å². The molecule has 2 aromatic carbocycles. The van der Waals surface area contributed by atoms with Crippen molar-refractivity contribution in [1.29, 1.82) is 0 Å². The summed E-state index contributed by atoms with van der Waals surface area (Å²) in [4.78, 5) is 6.27. The molecule has 5 nitrogen and oxygen atoms in total. The highest BCUT2D eigenvalue weighted by Gasteiger charge is 2.37. The van der Waals surface area contributed by atoms with Gasteiger partial charge in [0.15, 0.2) is 11.5 Å². The number of pyridine rings is 1. The van der Waals surface area contributed by atoms with Crippen molar-refractivity contribution in [2.45, 2.75) is 69.5 Å². The third-order valence-electron chi connectivity index (χ3n) is 6.34. The van der Waals surface area contributed by atoms with Crippen molar-refractivity contribution in [2.24, 2.45) is 0 Å². The molecule has 1 aliphatic rings. The fourth-order valence-corrected chi connectivity index (χ4v) is 5.96. The van der Waals surface area contributed by atoms with Gasteiger partial charge in [-0.1, -0.05) is 19.1 Å². The predicted octanol–water partition coefficient (Wildman–Crippen LogP) is 6.96. The van der Waals surface area contributed by atoms with E-state index in [1.807, 2.05) is 23.9 Å². The monoisotopic (exact) mass is 491 g/mol. The number of aromatic hydroxyl groups is 1. The lowest BCUT2D eigenvalue weighted by Gasteiger charge is -2.46. The first kappa shape index (κ1) is 25.4. The number of thioether (sulfide) groups is 1. The Labute approximate surface area is 213 Å². The molecular formula is C29H37N3O2S. The molecule has 0 unspecified atom stereocenters. The number of nitrogens with one attached hydrogen (secondary N) is 2. The molecule has 1 aliphatic heterocycles. The molecule has 0 spiro atoms. The summed E-state index contributed by atoms with van der Waals surface area (Å²) in [5.41, 5.74) is 4.06. The van der Waals surface area contributed by atoms with Crippen molar-refractivity contribution in [2.75, 3.05) is 18.2 Å². The minimum atomic E-state index is 0.0386. The van der Waals surface area contributed by atoms with Crippen molar-refractivity contribution in [3.8, 4) is 33.9 Å². The molecule has 4 rings (SSSR count). The maximum atomic E-state index is 10.1. The number of nitrogens with zero attached hydrogens (tertiary/aromatic N) is 1. The van der Waals surface area contributed by atoms with E-state index in [2.05, 4.69) is 81.7 Å². The molecule has 35 heavy (non-hydrogen) atoms. The van der Waals surface area contributed by atoms with Crippen LogP contribution in [0.4, 0.5) is 5.82 Å². The summed E-state index contributed by atoms with van der Waals surface area (Å²) < 4.78 is 5.35. The number of ether oxygens (including phenoxy) is 1. The van der Waals surface area contributed by atoms with Crippen LogP contribution in [0.2, 0.25) is 0 Å². The molecule has 0 amide bonds. The molecule has 2 heterocycles. The fourth-order valence-electron chi connectivity index (χ4n) is 5.30. The van der Waals surface area contributed by atoms with Gasteiger partial charge in [0.1, 0.15) is 5.82 Å². The van der Waals surface area contributed by atoms with Crippen LogP contribution in [0.3, 0.4) is 0 Å². The lowest BCUT2D eigenvalue weighted by molar-refractivity contribution is 0.170. The number of anilines is 1. The first-order chi connectivity index (χ1) is 16.6. The quantitative estimate of drug-likeness (QED) is 0.310. The van der Waals surface area contributed by atoms with Crippen molar-refractivity contribution >= 4 is 17.6 Å². The van der Waals surface area contributed by atoms with Gasteiger partial charge in [-0.15, -0.1) is 11.8 Å². The summed E-state index contributed by atoms with van der Waals surface area (Å²) in [7, 11) is 1.56. The maximum absolute atomic E-state index is 10.1. The predicted molar refractivity (Wildman–Crippen MR) is 148 cm³/mol. The van der Waals surface area contributed by atoms with Crippen molar-refractivity contribution in [1.82, 2.24) is 10.3 Å². The third kappa shape index (κ3) is 6.30. The zero-order chi connectivity index (χ0) is 25.2. The molecule has 0 aliphatic carbocycles. The number of phenols is 1. The van der Waals surface area contributed by atoms with Gasteiger partial charge < -0.3 is 20.5 Å². The molecule has 1 saturated heterocycles. The minimum Gasteiger partial charge on any atom is -0.504 e. The molecule has 3 aromatic rings. The summed E-state index contributed by atoms with van der Waals surface area (Å²) in [6, 6.07) is 18.6. The normalized spacial score (nSPS) is 17.2. The van der Waals surface area contributed by atoms with E-state index >= 15 is 0 Å². The SMILES string of the molecule is CCSc1ccc(-c2cc(NC3CC(C)(C)NC(C)(C)C3)nc(-c3ccc(O)c(OC)c3)c2)cc1. The molecule has 0 atom stereocenters. The standard InChI is InChI=1S/C29H37N3O2S/c1-7-35-23-11-8-19(9-12-23)21-14-24(20-10-13-25(33)26(15-20)34-6)31-27(16-21)30-22-17-28(2,3)32-29(4,5)18-22/h8-16,22,32-33H,7,17-18H2,1-6H3,(H,30,31). The van der Waals surface area contributed by atoms with Gasteiger partial charge in [-0.2, -0.15) is 0 Å².